The van der Waals surface area contributed by atoms with E-state index in [1.165, 1.54) is 49.5 Å². The maximum Gasteiger partial charge on any atom is 0.264 e. The number of halogens is 3. The van der Waals surface area contributed by atoms with Crippen molar-refractivity contribution in [1.82, 2.24) is 10.2 Å². The normalized spacial score (nSPS) is 12.7. The lowest BCUT2D eigenvalue weighted by molar-refractivity contribution is -0.139. The van der Waals surface area contributed by atoms with E-state index in [9.17, 15) is 22.4 Å². The van der Waals surface area contributed by atoms with Gasteiger partial charge in [-0.3, -0.25) is 13.9 Å². The van der Waals surface area contributed by atoms with Gasteiger partial charge >= 0.3 is 0 Å². The molecule has 2 amide bonds. The summed E-state index contributed by atoms with van der Waals surface area (Å²) in [5.74, 6) is -1.23. The van der Waals surface area contributed by atoms with Crippen LogP contribution in [-0.4, -0.2) is 58.0 Å². The largest absolute Gasteiger partial charge is 0.493 e. The molecule has 0 aliphatic heterocycles. The smallest absolute Gasteiger partial charge is 0.264 e. The highest BCUT2D eigenvalue weighted by molar-refractivity contribution is 7.92. The molecule has 0 aliphatic rings. The van der Waals surface area contributed by atoms with E-state index in [-0.39, 0.29) is 33.9 Å². The van der Waals surface area contributed by atoms with Crippen LogP contribution in [0.25, 0.3) is 0 Å². The standard InChI is InChI=1S/C30H34Cl2FN3O6S/c1-6-19(2)34-30(38)20(3)35(17-21-7-13-25(31)26(32)15-21)29(37)18-36(23-10-8-22(33)9-11-23)43(39,40)24-12-14-27(41-4)28(16-24)42-5/h7-16,19-20H,6,17-18H2,1-5H3,(H,34,38)/t19-,20-/m0/s1. The Morgan fingerprint density at radius 1 is 0.930 bits per heavy atom. The second-order valence-corrected chi connectivity index (χ2v) is 12.4. The first-order chi connectivity index (χ1) is 20.3. The van der Waals surface area contributed by atoms with E-state index < -0.39 is 40.2 Å². The summed E-state index contributed by atoms with van der Waals surface area (Å²) in [7, 11) is -1.64. The summed E-state index contributed by atoms with van der Waals surface area (Å²) >= 11 is 12.3. The first-order valence-corrected chi connectivity index (χ1v) is 15.6. The summed E-state index contributed by atoms with van der Waals surface area (Å²) in [6.07, 6.45) is 0.668. The fourth-order valence-electron chi connectivity index (χ4n) is 4.12. The van der Waals surface area contributed by atoms with Crippen molar-refractivity contribution in [1.29, 1.82) is 0 Å². The van der Waals surface area contributed by atoms with Crippen molar-refractivity contribution in [3.63, 3.8) is 0 Å². The van der Waals surface area contributed by atoms with Crippen LogP contribution in [0.15, 0.2) is 65.6 Å². The van der Waals surface area contributed by atoms with Gasteiger partial charge in [0.1, 0.15) is 18.4 Å². The highest BCUT2D eigenvalue weighted by Crippen LogP contribution is 2.32. The minimum atomic E-state index is -4.42. The number of nitrogens with one attached hydrogen (secondary N) is 1. The van der Waals surface area contributed by atoms with Crippen molar-refractivity contribution >= 4 is 50.7 Å². The number of methoxy groups -OCH3 is 2. The Morgan fingerprint density at radius 3 is 2.16 bits per heavy atom. The maximum atomic E-state index is 14.0. The number of sulfonamides is 1. The number of rotatable bonds is 13. The van der Waals surface area contributed by atoms with Crippen LogP contribution >= 0.6 is 23.2 Å². The topological polar surface area (TPSA) is 105 Å². The number of benzene rings is 3. The lowest BCUT2D eigenvalue weighted by Crippen LogP contribution is -2.52. The van der Waals surface area contributed by atoms with Crippen molar-refractivity contribution in [3.05, 3.63) is 82.1 Å². The van der Waals surface area contributed by atoms with Gasteiger partial charge in [-0.05, 0) is 74.4 Å². The number of carbonyl (C=O) groups excluding carboxylic acids is 2. The first kappa shape index (κ1) is 34.0. The summed E-state index contributed by atoms with van der Waals surface area (Å²) in [4.78, 5) is 28.2. The SMILES string of the molecule is CC[C@H](C)NC(=O)[C@H](C)N(Cc1ccc(Cl)c(Cl)c1)C(=O)CN(c1ccc(F)cc1)S(=O)(=O)c1ccc(OC)c(OC)c1. The molecule has 1 N–H and O–H groups in total. The average molecular weight is 655 g/mol. The molecule has 3 rings (SSSR count). The van der Waals surface area contributed by atoms with Gasteiger partial charge < -0.3 is 19.7 Å². The van der Waals surface area contributed by atoms with Crippen molar-refractivity contribution in [2.45, 2.75) is 50.7 Å². The molecule has 0 heterocycles. The molecule has 43 heavy (non-hydrogen) atoms. The van der Waals surface area contributed by atoms with Crippen LogP contribution in [0.4, 0.5) is 10.1 Å². The van der Waals surface area contributed by atoms with Crippen LogP contribution in [0, 0.1) is 5.82 Å². The summed E-state index contributed by atoms with van der Waals surface area (Å²) in [6.45, 7) is 4.52. The molecule has 0 aromatic heterocycles. The molecule has 0 bridgehead atoms. The number of nitrogens with zero attached hydrogens (tertiary/aromatic N) is 2. The van der Waals surface area contributed by atoms with Crippen molar-refractivity contribution in [2.75, 3.05) is 25.1 Å². The number of hydrogen-bond donors (Lipinski definition) is 1. The molecule has 0 spiro atoms. The number of ether oxygens (including phenoxy) is 2. The average Bonchev–Trinajstić information content (AvgIpc) is 2.99. The van der Waals surface area contributed by atoms with E-state index in [0.29, 0.717) is 22.8 Å². The number of hydrogen-bond acceptors (Lipinski definition) is 6. The third-order valence-electron chi connectivity index (χ3n) is 6.84. The van der Waals surface area contributed by atoms with Crippen LogP contribution in [0.2, 0.25) is 10.0 Å². The Kier molecular flexibility index (Phi) is 11.7. The Bertz CT molecular complexity index is 1560. The Hall–Kier alpha value is -3.54. The molecule has 0 radical (unpaired) electrons. The van der Waals surface area contributed by atoms with Gasteiger partial charge in [-0.15, -0.1) is 0 Å². The van der Waals surface area contributed by atoms with Crippen LogP contribution in [0.3, 0.4) is 0 Å². The third kappa shape index (κ3) is 8.31. The summed E-state index contributed by atoms with van der Waals surface area (Å²) in [5.41, 5.74) is 0.609. The second-order valence-electron chi connectivity index (χ2n) is 9.77. The van der Waals surface area contributed by atoms with Crippen LogP contribution in [-0.2, 0) is 26.2 Å². The molecule has 2 atom stereocenters. The zero-order valence-corrected chi connectivity index (χ0v) is 26.8. The predicted molar refractivity (Wildman–Crippen MR) is 165 cm³/mol. The quantitative estimate of drug-likeness (QED) is 0.255. The summed E-state index contributed by atoms with van der Waals surface area (Å²) in [6, 6.07) is 12.3. The monoisotopic (exact) mass is 653 g/mol. The molecule has 0 saturated carbocycles. The van der Waals surface area contributed by atoms with E-state index >= 15 is 0 Å². The minimum Gasteiger partial charge on any atom is -0.493 e. The summed E-state index contributed by atoms with van der Waals surface area (Å²) in [5, 5.41) is 3.43. The highest BCUT2D eigenvalue weighted by atomic mass is 35.5. The van der Waals surface area contributed by atoms with Gasteiger partial charge in [0, 0.05) is 18.7 Å². The molecular weight excluding hydrogens is 620 g/mol. The lowest BCUT2D eigenvalue weighted by atomic mass is 10.1. The second kappa shape index (κ2) is 14.8. The predicted octanol–water partition coefficient (Wildman–Crippen LogP) is 5.68. The summed E-state index contributed by atoms with van der Waals surface area (Å²) < 4.78 is 53.2. The first-order valence-electron chi connectivity index (χ1n) is 13.4. The fraction of sp³-hybridized carbons (Fsp3) is 0.333. The van der Waals surface area contributed by atoms with Gasteiger partial charge in [-0.2, -0.15) is 0 Å². The third-order valence-corrected chi connectivity index (χ3v) is 9.35. The minimum absolute atomic E-state index is 0.0377. The van der Waals surface area contributed by atoms with Gasteiger partial charge in [0.2, 0.25) is 11.8 Å². The van der Waals surface area contributed by atoms with Crippen LogP contribution in [0.1, 0.15) is 32.8 Å². The molecule has 0 fully saturated rings. The zero-order chi connectivity index (χ0) is 31.9. The Morgan fingerprint density at radius 2 is 1.58 bits per heavy atom. The molecule has 9 nitrogen and oxygen atoms in total. The van der Waals surface area contributed by atoms with E-state index in [0.717, 1.165) is 16.4 Å². The number of carbonyl (C=O) groups is 2. The molecular formula is C30H34Cl2FN3O6S. The van der Waals surface area contributed by atoms with E-state index in [4.69, 9.17) is 32.7 Å². The molecule has 3 aromatic rings. The van der Waals surface area contributed by atoms with Crippen molar-refractivity contribution < 1.29 is 31.9 Å². The van der Waals surface area contributed by atoms with Gasteiger partial charge in [0.15, 0.2) is 11.5 Å². The van der Waals surface area contributed by atoms with Crippen molar-refractivity contribution in [2.24, 2.45) is 0 Å². The van der Waals surface area contributed by atoms with E-state index in [1.54, 1.807) is 25.1 Å². The van der Waals surface area contributed by atoms with Gasteiger partial charge in [0.05, 0.1) is 34.8 Å². The highest BCUT2D eigenvalue weighted by Gasteiger charge is 2.33. The fourth-order valence-corrected chi connectivity index (χ4v) is 5.87. The maximum absolute atomic E-state index is 14.0. The number of anilines is 1. The van der Waals surface area contributed by atoms with E-state index in [1.807, 2.05) is 13.8 Å². The van der Waals surface area contributed by atoms with Crippen molar-refractivity contribution in [3.8, 4) is 11.5 Å². The molecule has 0 saturated heterocycles. The van der Waals surface area contributed by atoms with Crippen LogP contribution in [0.5, 0.6) is 11.5 Å². The Labute approximate surface area is 261 Å². The molecule has 3 aromatic carbocycles. The van der Waals surface area contributed by atoms with Crippen LogP contribution < -0.4 is 19.1 Å². The molecule has 0 unspecified atom stereocenters. The lowest BCUT2D eigenvalue weighted by Gasteiger charge is -2.32. The van der Waals surface area contributed by atoms with E-state index in [2.05, 4.69) is 5.32 Å². The van der Waals surface area contributed by atoms with Gasteiger partial charge in [0.25, 0.3) is 10.0 Å². The Balaban J connectivity index is 2.08. The zero-order valence-electron chi connectivity index (χ0n) is 24.4. The van der Waals surface area contributed by atoms with Gasteiger partial charge in [-0.1, -0.05) is 36.2 Å². The number of amides is 2. The van der Waals surface area contributed by atoms with Gasteiger partial charge in [-0.25, -0.2) is 12.8 Å². The molecule has 232 valence electrons. The molecule has 13 heteroatoms. The molecule has 0 aliphatic carbocycles.